The first-order chi connectivity index (χ1) is 8.72. The van der Waals surface area contributed by atoms with Crippen LogP contribution in [0.15, 0.2) is 16.9 Å². The van der Waals surface area contributed by atoms with Crippen LogP contribution in [0.4, 0.5) is 4.79 Å². The van der Waals surface area contributed by atoms with Crippen molar-refractivity contribution >= 4 is 11.8 Å². The zero-order valence-corrected chi connectivity index (χ0v) is 12.1. The number of aliphatic imine (C=N–C) groups is 1. The third-order valence-corrected chi connectivity index (χ3v) is 2.37. The van der Waals surface area contributed by atoms with E-state index in [1.165, 1.54) is 0 Å². The smallest absolute Gasteiger partial charge is 0.412 e. The summed E-state index contributed by atoms with van der Waals surface area (Å²) in [4.78, 5) is 15.6. The lowest BCUT2D eigenvalue weighted by Crippen LogP contribution is -2.24. The molecule has 0 saturated carbocycles. The van der Waals surface area contributed by atoms with Crippen LogP contribution in [0.25, 0.3) is 0 Å². The number of carbonyl (C=O) groups is 1. The number of ether oxygens (including phenoxy) is 1. The Labute approximate surface area is 111 Å². The fourth-order valence-corrected chi connectivity index (χ4v) is 1.46. The fourth-order valence-electron chi connectivity index (χ4n) is 1.46. The molecule has 0 radical (unpaired) electrons. The fraction of sp³-hybridized carbons (Fsp3) is 0.714. The third kappa shape index (κ3) is 7.87. The minimum Gasteiger partial charge on any atom is -0.449 e. The van der Waals surface area contributed by atoms with Crippen LogP contribution in [0.1, 0.15) is 59.8 Å². The summed E-state index contributed by atoms with van der Waals surface area (Å²) in [5.74, 6) is 0.615. The first-order valence-corrected chi connectivity index (χ1v) is 6.90. The number of nitrogens with zero attached hydrogens (tertiary/aromatic N) is 1. The van der Waals surface area contributed by atoms with Crippen molar-refractivity contribution in [2.24, 2.45) is 4.99 Å². The van der Waals surface area contributed by atoms with Crippen molar-refractivity contribution in [2.75, 3.05) is 6.61 Å². The molecule has 1 rings (SSSR count). The van der Waals surface area contributed by atoms with E-state index in [0.29, 0.717) is 12.4 Å². The van der Waals surface area contributed by atoms with Crippen molar-refractivity contribution in [2.45, 2.75) is 59.8 Å². The molecule has 4 heteroatoms. The van der Waals surface area contributed by atoms with Gasteiger partial charge in [-0.05, 0) is 32.3 Å². The number of nitrogens with one attached hydrogen (secondary N) is 1. The highest BCUT2D eigenvalue weighted by Crippen LogP contribution is 2.08. The van der Waals surface area contributed by atoms with Gasteiger partial charge in [-0.25, -0.2) is 9.79 Å². The molecular weight excluding hydrogens is 228 g/mol. The number of rotatable bonds is 5. The molecule has 1 heterocycles. The molecule has 4 nitrogen and oxygen atoms in total. The van der Waals surface area contributed by atoms with E-state index in [1.807, 2.05) is 26.8 Å². The van der Waals surface area contributed by atoms with Gasteiger partial charge in [0.1, 0.15) is 5.82 Å². The van der Waals surface area contributed by atoms with Crippen LogP contribution < -0.4 is 5.32 Å². The largest absolute Gasteiger partial charge is 0.449 e. The monoisotopic (exact) mass is 254 g/mol. The highest BCUT2D eigenvalue weighted by molar-refractivity contribution is 5.84. The Bertz CT molecular complexity index is 296. The molecule has 0 aromatic rings. The van der Waals surface area contributed by atoms with E-state index in [2.05, 4.69) is 17.2 Å². The van der Waals surface area contributed by atoms with Crippen molar-refractivity contribution in [1.29, 1.82) is 0 Å². The molecular formula is C14H26N2O2. The van der Waals surface area contributed by atoms with Crippen LogP contribution in [0, 0.1) is 0 Å². The highest BCUT2D eigenvalue weighted by Gasteiger charge is 2.07. The minimum absolute atomic E-state index is 0.402. The second-order valence-electron chi connectivity index (χ2n) is 3.94. The lowest BCUT2D eigenvalue weighted by molar-refractivity contribution is 0.146. The molecule has 0 aromatic heterocycles. The Kier molecular flexibility index (Phi) is 10.0. The topological polar surface area (TPSA) is 50.7 Å². The Morgan fingerprint density at radius 2 is 2.17 bits per heavy atom. The quantitative estimate of drug-likeness (QED) is 0.753. The maximum Gasteiger partial charge on any atom is 0.412 e. The van der Waals surface area contributed by atoms with Crippen LogP contribution in [0.2, 0.25) is 0 Å². The summed E-state index contributed by atoms with van der Waals surface area (Å²) in [6.07, 6.45) is 6.55. The van der Waals surface area contributed by atoms with E-state index in [9.17, 15) is 4.79 Å². The molecule has 0 bridgehead atoms. The molecule has 0 aromatic carbocycles. The van der Waals surface area contributed by atoms with Gasteiger partial charge >= 0.3 is 6.09 Å². The van der Waals surface area contributed by atoms with Crippen LogP contribution >= 0.6 is 0 Å². The van der Waals surface area contributed by atoms with E-state index in [1.54, 1.807) is 0 Å². The number of carbonyl (C=O) groups excluding carboxylic acids is 1. The summed E-state index contributed by atoms with van der Waals surface area (Å²) in [7, 11) is 0. The molecule has 0 fully saturated rings. The lowest BCUT2D eigenvalue weighted by atomic mass is 10.2. The van der Waals surface area contributed by atoms with Gasteiger partial charge in [-0.15, -0.1) is 0 Å². The molecule has 0 aliphatic carbocycles. The Morgan fingerprint density at radius 3 is 2.78 bits per heavy atom. The molecule has 104 valence electrons. The number of unbranched alkanes of at least 4 members (excludes halogenated alkanes) is 2. The van der Waals surface area contributed by atoms with Gasteiger partial charge in [0, 0.05) is 5.71 Å². The second kappa shape index (κ2) is 10.8. The van der Waals surface area contributed by atoms with E-state index in [4.69, 9.17) is 4.74 Å². The minimum atomic E-state index is -0.402. The average Bonchev–Trinajstić information content (AvgIpc) is 2.37. The van der Waals surface area contributed by atoms with Crippen LogP contribution in [0.5, 0.6) is 0 Å². The highest BCUT2D eigenvalue weighted by atomic mass is 16.5. The van der Waals surface area contributed by atoms with Crippen molar-refractivity contribution in [3.05, 3.63) is 11.9 Å². The summed E-state index contributed by atoms with van der Waals surface area (Å²) in [5, 5.41) is 2.64. The second-order valence-corrected chi connectivity index (χ2v) is 3.94. The predicted molar refractivity (Wildman–Crippen MR) is 75.8 cm³/mol. The normalized spacial score (nSPS) is 13.8. The Morgan fingerprint density at radius 1 is 1.44 bits per heavy atom. The first kappa shape index (κ1) is 16.7. The van der Waals surface area contributed by atoms with E-state index in [0.717, 1.165) is 37.8 Å². The van der Waals surface area contributed by atoms with Crippen molar-refractivity contribution in [3.63, 3.8) is 0 Å². The first-order valence-electron chi connectivity index (χ1n) is 6.90. The summed E-state index contributed by atoms with van der Waals surface area (Å²) in [5.41, 5.74) is 1.05. The van der Waals surface area contributed by atoms with Gasteiger partial charge in [0.15, 0.2) is 0 Å². The number of hydrogen-bond donors (Lipinski definition) is 1. The molecule has 18 heavy (non-hydrogen) atoms. The summed E-state index contributed by atoms with van der Waals surface area (Å²) in [6.45, 7) is 8.56. The van der Waals surface area contributed by atoms with Gasteiger partial charge in [0.2, 0.25) is 0 Å². The lowest BCUT2D eigenvalue weighted by Gasteiger charge is -2.11. The number of amides is 1. The van der Waals surface area contributed by atoms with E-state index >= 15 is 0 Å². The molecule has 0 saturated heterocycles. The third-order valence-electron chi connectivity index (χ3n) is 2.37. The summed E-state index contributed by atoms with van der Waals surface area (Å²) < 4.78 is 5.02. The van der Waals surface area contributed by atoms with Gasteiger partial charge in [0.25, 0.3) is 0 Å². The molecule has 1 aliphatic rings. The average molecular weight is 254 g/mol. The predicted octanol–water partition coefficient (Wildman–Crippen LogP) is 4.03. The SMILES string of the molecule is CC.CCCCCOC(=O)NC1=CCCC(C)=N1. The molecule has 1 amide bonds. The number of alkyl carbamates (subject to hydrolysis) is 1. The van der Waals surface area contributed by atoms with Crippen molar-refractivity contribution < 1.29 is 9.53 Å². The maximum atomic E-state index is 11.3. The molecule has 0 atom stereocenters. The van der Waals surface area contributed by atoms with Gasteiger partial charge in [-0.3, -0.25) is 5.32 Å². The van der Waals surface area contributed by atoms with E-state index in [-0.39, 0.29) is 0 Å². The molecule has 0 spiro atoms. The Balaban J connectivity index is 0.00000137. The summed E-state index contributed by atoms with van der Waals surface area (Å²) >= 11 is 0. The number of allylic oxidation sites excluding steroid dienone is 1. The van der Waals surface area contributed by atoms with Crippen molar-refractivity contribution in [1.82, 2.24) is 5.32 Å². The van der Waals surface area contributed by atoms with Crippen LogP contribution in [-0.2, 0) is 4.74 Å². The Hall–Kier alpha value is -1.32. The van der Waals surface area contributed by atoms with Gasteiger partial charge in [-0.2, -0.15) is 0 Å². The molecule has 1 N–H and O–H groups in total. The van der Waals surface area contributed by atoms with Crippen LogP contribution in [-0.4, -0.2) is 18.4 Å². The molecule has 1 aliphatic heterocycles. The zero-order valence-electron chi connectivity index (χ0n) is 12.1. The van der Waals surface area contributed by atoms with Gasteiger partial charge in [-0.1, -0.05) is 33.6 Å². The van der Waals surface area contributed by atoms with Gasteiger partial charge < -0.3 is 4.74 Å². The molecule has 0 unspecified atom stereocenters. The van der Waals surface area contributed by atoms with Gasteiger partial charge in [0.05, 0.1) is 6.61 Å². The van der Waals surface area contributed by atoms with Crippen LogP contribution in [0.3, 0.4) is 0 Å². The number of hydrogen-bond acceptors (Lipinski definition) is 3. The summed E-state index contributed by atoms with van der Waals surface area (Å²) in [6, 6.07) is 0. The van der Waals surface area contributed by atoms with Crippen molar-refractivity contribution in [3.8, 4) is 0 Å². The zero-order chi connectivity index (χ0) is 13.8. The standard InChI is InChI=1S/C12H20N2O2.C2H6/c1-3-4-5-9-16-12(15)14-11-8-6-7-10(2)13-11;1-2/h8H,3-7,9H2,1-2H3,(H,14,15);1-2H3. The maximum absolute atomic E-state index is 11.3. The van der Waals surface area contributed by atoms with E-state index < -0.39 is 6.09 Å².